The van der Waals surface area contributed by atoms with E-state index in [1.807, 2.05) is 0 Å². The van der Waals surface area contributed by atoms with Crippen LogP contribution in [0, 0.1) is 23.5 Å². The summed E-state index contributed by atoms with van der Waals surface area (Å²) < 4.78 is 25.6. The quantitative estimate of drug-likeness (QED) is 0.584. The summed E-state index contributed by atoms with van der Waals surface area (Å²) in [7, 11) is 0. The van der Waals surface area contributed by atoms with E-state index in [2.05, 4.69) is 11.8 Å². The fourth-order valence-corrected chi connectivity index (χ4v) is 1.49. The lowest BCUT2D eigenvalue weighted by Crippen LogP contribution is -1.86. The normalized spacial score (nSPS) is 9.44. The van der Waals surface area contributed by atoms with E-state index in [-0.39, 0.29) is 10.7 Å². The summed E-state index contributed by atoms with van der Waals surface area (Å²) in [6.07, 6.45) is 0.501. The van der Waals surface area contributed by atoms with Crippen LogP contribution in [0.25, 0.3) is 0 Å². The first-order valence-electron chi connectivity index (χ1n) is 4.67. The van der Waals surface area contributed by atoms with E-state index in [1.54, 1.807) is 0 Å². The standard InChI is InChI=1S/C12H10F2OS/c1-9(15)16-7-3-2-4-10-5-6-11(13)8-12(10)14/h5-6,8H,3,7H2,1H3. The molecule has 0 heterocycles. The third kappa shape index (κ3) is 4.45. The number of halogens is 2. The molecule has 1 nitrogen and oxygen atoms in total. The van der Waals surface area contributed by atoms with Gasteiger partial charge in [0, 0.05) is 25.2 Å². The minimum absolute atomic E-state index is 0.0368. The molecule has 0 saturated heterocycles. The summed E-state index contributed by atoms with van der Waals surface area (Å²) in [4.78, 5) is 10.6. The predicted molar refractivity (Wildman–Crippen MR) is 61.0 cm³/mol. The Labute approximate surface area is 97.2 Å². The zero-order valence-corrected chi connectivity index (χ0v) is 9.54. The van der Waals surface area contributed by atoms with Crippen LogP contribution in [0.4, 0.5) is 8.78 Å². The molecule has 0 unspecified atom stereocenters. The summed E-state index contributed by atoms with van der Waals surface area (Å²) in [5.41, 5.74) is 0.175. The lowest BCUT2D eigenvalue weighted by atomic mass is 10.2. The third-order valence-corrected chi connectivity index (χ3v) is 2.50. The van der Waals surface area contributed by atoms with Crippen LogP contribution in [0.3, 0.4) is 0 Å². The summed E-state index contributed by atoms with van der Waals surface area (Å²) >= 11 is 1.18. The Morgan fingerprint density at radius 3 is 2.81 bits per heavy atom. The van der Waals surface area contributed by atoms with Gasteiger partial charge in [0.05, 0.1) is 5.56 Å². The van der Waals surface area contributed by atoms with Crippen molar-refractivity contribution in [2.45, 2.75) is 13.3 Å². The van der Waals surface area contributed by atoms with Crippen LogP contribution in [0.1, 0.15) is 18.9 Å². The van der Waals surface area contributed by atoms with Gasteiger partial charge < -0.3 is 0 Å². The Kier molecular flexibility index (Phi) is 5.00. The van der Waals surface area contributed by atoms with Gasteiger partial charge in [-0.05, 0) is 12.1 Å². The highest BCUT2D eigenvalue weighted by Crippen LogP contribution is 2.08. The van der Waals surface area contributed by atoms with E-state index in [0.29, 0.717) is 12.2 Å². The fourth-order valence-electron chi connectivity index (χ4n) is 0.994. The summed E-state index contributed by atoms with van der Waals surface area (Å²) in [5, 5.41) is 0.0368. The van der Waals surface area contributed by atoms with Gasteiger partial charge in [0.15, 0.2) is 5.12 Å². The van der Waals surface area contributed by atoms with E-state index in [4.69, 9.17) is 0 Å². The highest BCUT2D eigenvalue weighted by Gasteiger charge is 1.99. The van der Waals surface area contributed by atoms with Crippen LogP contribution >= 0.6 is 11.8 Å². The van der Waals surface area contributed by atoms with E-state index >= 15 is 0 Å². The van der Waals surface area contributed by atoms with Crippen LogP contribution < -0.4 is 0 Å². The lowest BCUT2D eigenvalue weighted by molar-refractivity contribution is -0.109. The predicted octanol–water partition coefficient (Wildman–Crippen LogP) is 2.99. The summed E-state index contributed by atoms with van der Waals surface area (Å²) in [6, 6.07) is 3.27. The Balaban J connectivity index is 2.53. The Bertz CT molecular complexity index is 446. The topological polar surface area (TPSA) is 17.1 Å². The molecule has 4 heteroatoms. The van der Waals surface area contributed by atoms with E-state index < -0.39 is 11.6 Å². The van der Waals surface area contributed by atoms with Crippen molar-refractivity contribution >= 4 is 16.9 Å². The van der Waals surface area contributed by atoms with Crippen molar-refractivity contribution in [3.63, 3.8) is 0 Å². The molecule has 0 aliphatic carbocycles. The van der Waals surface area contributed by atoms with Gasteiger partial charge >= 0.3 is 0 Å². The van der Waals surface area contributed by atoms with Crippen LogP contribution in [-0.2, 0) is 4.79 Å². The maximum Gasteiger partial charge on any atom is 0.185 e. The first-order valence-corrected chi connectivity index (χ1v) is 5.65. The molecule has 0 spiro atoms. The molecule has 0 radical (unpaired) electrons. The molecule has 84 valence electrons. The van der Waals surface area contributed by atoms with E-state index in [0.717, 1.165) is 12.1 Å². The van der Waals surface area contributed by atoms with Crippen molar-refractivity contribution in [3.05, 3.63) is 35.4 Å². The number of carbonyl (C=O) groups is 1. The molecule has 0 atom stereocenters. The average Bonchev–Trinajstić information content (AvgIpc) is 2.20. The van der Waals surface area contributed by atoms with Crippen molar-refractivity contribution in [3.8, 4) is 11.8 Å². The molecule has 0 N–H and O–H groups in total. The third-order valence-electron chi connectivity index (χ3n) is 1.69. The highest BCUT2D eigenvalue weighted by atomic mass is 32.2. The average molecular weight is 240 g/mol. The highest BCUT2D eigenvalue weighted by molar-refractivity contribution is 8.13. The summed E-state index contributed by atoms with van der Waals surface area (Å²) in [6.45, 7) is 1.48. The molecule has 0 aliphatic heterocycles. The Hall–Kier alpha value is -1.34. The maximum absolute atomic E-state index is 13.1. The van der Waals surface area contributed by atoms with Crippen molar-refractivity contribution in [2.24, 2.45) is 0 Å². The Morgan fingerprint density at radius 2 is 2.19 bits per heavy atom. The zero-order chi connectivity index (χ0) is 12.0. The first-order chi connectivity index (χ1) is 7.59. The summed E-state index contributed by atoms with van der Waals surface area (Å²) in [5.74, 6) is 4.64. The van der Waals surface area contributed by atoms with E-state index in [1.165, 1.54) is 24.8 Å². The minimum atomic E-state index is -0.660. The molecule has 0 aliphatic rings. The largest absolute Gasteiger partial charge is 0.288 e. The molecule has 1 aromatic carbocycles. The second-order valence-corrected chi connectivity index (χ2v) is 4.29. The maximum atomic E-state index is 13.1. The Morgan fingerprint density at radius 1 is 1.44 bits per heavy atom. The smallest absolute Gasteiger partial charge is 0.185 e. The lowest BCUT2D eigenvalue weighted by Gasteiger charge is -1.93. The molecule has 0 aromatic heterocycles. The number of hydrogen-bond donors (Lipinski definition) is 0. The molecule has 0 amide bonds. The van der Waals surface area contributed by atoms with Crippen LogP contribution in [0.5, 0.6) is 0 Å². The number of benzene rings is 1. The zero-order valence-electron chi connectivity index (χ0n) is 8.72. The van der Waals surface area contributed by atoms with Crippen molar-refractivity contribution in [1.29, 1.82) is 0 Å². The molecule has 16 heavy (non-hydrogen) atoms. The van der Waals surface area contributed by atoms with Gasteiger partial charge in [-0.15, -0.1) is 0 Å². The second-order valence-electron chi connectivity index (χ2n) is 3.02. The number of hydrogen-bond acceptors (Lipinski definition) is 2. The fraction of sp³-hybridized carbons (Fsp3) is 0.250. The number of rotatable bonds is 2. The van der Waals surface area contributed by atoms with Gasteiger partial charge in [0.1, 0.15) is 11.6 Å². The van der Waals surface area contributed by atoms with Crippen molar-refractivity contribution < 1.29 is 13.6 Å². The number of thioether (sulfide) groups is 1. The van der Waals surface area contributed by atoms with Gasteiger partial charge in [0.2, 0.25) is 0 Å². The minimum Gasteiger partial charge on any atom is -0.288 e. The van der Waals surface area contributed by atoms with Crippen LogP contribution in [0.2, 0.25) is 0 Å². The molecule has 1 rings (SSSR count). The van der Waals surface area contributed by atoms with Crippen molar-refractivity contribution in [1.82, 2.24) is 0 Å². The monoisotopic (exact) mass is 240 g/mol. The SMILES string of the molecule is CC(=O)SCCC#Cc1ccc(F)cc1F. The van der Waals surface area contributed by atoms with Crippen LogP contribution in [-0.4, -0.2) is 10.9 Å². The van der Waals surface area contributed by atoms with Gasteiger partial charge in [-0.25, -0.2) is 8.78 Å². The second kappa shape index (κ2) is 6.29. The molecule has 0 fully saturated rings. The number of carbonyl (C=O) groups excluding carboxylic acids is 1. The first kappa shape index (κ1) is 12.7. The van der Waals surface area contributed by atoms with Gasteiger partial charge in [-0.2, -0.15) is 0 Å². The molecular formula is C12H10F2OS. The molecule has 0 bridgehead atoms. The van der Waals surface area contributed by atoms with Gasteiger partial charge in [-0.3, -0.25) is 4.79 Å². The van der Waals surface area contributed by atoms with Crippen molar-refractivity contribution in [2.75, 3.05) is 5.75 Å². The van der Waals surface area contributed by atoms with Gasteiger partial charge in [0.25, 0.3) is 0 Å². The van der Waals surface area contributed by atoms with E-state index in [9.17, 15) is 13.6 Å². The van der Waals surface area contributed by atoms with Gasteiger partial charge in [-0.1, -0.05) is 23.6 Å². The molecular weight excluding hydrogens is 230 g/mol. The van der Waals surface area contributed by atoms with Crippen LogP contribution in [0.15, 0.2) is 18.2 Å². The molecule has 0 saturated carbocycles. The molecule has 1 aromatic rings.